The van der Waals surface area contributed by atoms with Crippen LogP contribution in [-0.2, 0) is 24.2 Å². The average Bonchev–Trinajstić information content (AvgIpc) is 3.04. The number of carbonyl (C=O) groups excluding carboxylic acids is 1. The molecule has 1 amide bonds. The first kappa shape index (κ1) is 18.5. The molecule has 144 valence electrons. The van der Waals surface area contributed by atoms with Crippen molar-refractivity contribution in [1.29, 1.82) is 0 Å². The molecular formula is C20H21N5O2S. The Morgan fingerprint density at radius 2 is 2.18 bits per heavy atom. The minimum atomic E-state index is -0.420. The molecule has 28 heavy (non-hydrogen) atoms. The summed E-state index contributed by atoms with van der Waals surface area (Å²) in [6.07, 6.45) is 4.48. The number of benzene rings is 1. The molecule has 2 heterocycles. The number of rotatable bonds is 4. The fourth-order valence-electron chi connectivity index (χ4n) is 3.40. The van der Waals surface area contributed by atoms with E-state index in [9.17, 15) is 9.59 Å². The van der Waals surface area contributed by atoms with Crippen molar-refractivity contribution in [3.63, 3.8) is 0 Å². The van der Waals surface area contributed by atoms with Gasteiger partial charge >= 0.3 is 0 Å². The molecule has 0 saturated heterocycles. The predicted octanol–water partition coefficient (Wildman–Crippen LogP) is 2.44. The molecule has 1 atom stereocenters. The Kier molecular flexibility index (Phi) is 5.04. The number of aryl methyl sites for hydroxylation is 2. The molecule has 1 unspecified atom stereocenters. The number of hydrogen-bond acceptors (Lipinski definition) is 6. The number of aromatic nitrogens is 3. The molecule has 0 saturated carbocycles. The highest BCUT2D eigenvalue weighted by Crippen LogP contribution is 2.35. The molecule has 3 aromatic rings. The Labute approximate surface area is 166 Å². The first-order chi connectivity index (χ1) is 13.5. The van der Waals surface area contributed by atoms with Crippen molar-refractivity contribution in [1.82, 2.24) is 20.4 Å². The molecule has 1 aliphatic rings. The Morgan fingerprint density at radius 3 is 2.96 bits per heavy atom. The van der Waals surface area contributed by atoms with E-state index in [1.807, 2.05) is 31.2 Å². The van der Waals surface area contributed by atoms with Crippen molar-refractivity contribution in [2.75, 3.05) is 0 Å². The third-order valence-corrected chi connectivity index (χ3v) is 6.10. The highest BCUT2D eigenvalue weighted by Gasteiger charge is 2.24. The summed E-state index contributed by atoms with van der Waals surface area (Å²) >= 11 is 1.55. The van der Waals surface area contributed by atoms with E-state index in [1.54, 1.807) is 17.6 Å². The van der Waals surface area contributed by atoms with Crippen molar-refractivity contribution >= 4 is 33.7 Å². The zero-order valence-electron chi connectivity index (χ0n) is 15.8. The number of amides is 1. The lowest BCUT2D eigenvalue weighted by Crippen LogP contribution is -2.32. The largest absolute Gasteiger partial charge is 0.279 e. The molecule has 4 rings (SSSR count). The van der Waals surface area contributed by atoms with Crippen LogP contribution in [0, 0.1) is 12.8 Å². The van der Waals surface area contributed by atoms with Crippen LogP contribution in [-0.4, -0.2) is 27.1 Å². The van der Waals surface area contributed by atoms with Gasteiger partial charge in [0.2, 0.25) is 0 Å². The molecule has 1 aliphatic carbocycles. The summed E-state index contributed by atoms with van der Waals surface area (Å²) in [6.45, 7) is 4.01. The van der Waals surface area contributed by atoms with Gasteiger partial charge in [-0.25, -0.2) is 10.1 Å². The average molecular weight is 395 g/mol. The molecule has 0 spiro atoms. The Balaban J connectivity index is 1.50. The van der Waals surface area contributed by atoms with Gasteiger partial charge in [0.15, 0.2) is 4.83 Å². The van der Waals surface area contributed by atoms with E-state index in [1.165, 1.54) is 4.88 Å². The Morgan fingerprint density at radius 1 is 1.39 bits per heavy atom. The second-order valence-corrected chi connectivity index (χ2v) is 8.37. The van der Waals surface area contributed by atoms with Crippen molar-refractivity contribution in [3.8, 4) is 0 Å². The molecule has 2 aromatic heterocycles. The van der Waals surface area contributed by atoms with E-state index < -0.39 is 5.91 Å². The summed E-state index contributed by atoms with van der Waals surface area (Å²) in [4.78, 5) is 26.9. The normalized spacial score (nSPS) is 16.4. The van der Waals surface area contributed by atoms with Gasteiger partial charge in [-0.15, -0.1) is 16.4 Å². The van der Waals surface area contributed by atoms with Crippen LogP contribution in [0.25, 0.3) is 10.2 Å². The standard InChI is InChI=1S/C20H21N5O2S/c1-12-3-6-14(7-4-12)10-21-22-17(26)11-25-20(27)18-15-8-5-13(2)9-16(15)28-19(18)23-24-25/h3-4,6-7,10,13H,5,8-9,11H2,1-2H3,(H,22,26). The number of thiophene rings is 1. The lowest BCUT2D eigenvalue weighted by molar-refractivity contribution is -0.121. The maximum Gasteiger partial charge on any atom is 0.279 e. The van der Waals surface area contributed by atoms with Gasteiger partial charge < -0.3 is 0 Å². The van der Waals surface area contributed by atoms with E-state index in [-0.39, 0.29) is 12.1 Å². The van der Waals surface area contributed by atoms with E-state index in [2.05, 4.69) is 27.8 Å². The van der Waals surface area contributed by atoms with Crippen LogP contribution in [0.15, 0.2) is 34.2 Å². The SMILES string of the molecule is Cc1ccc(C=NNC(=O)Cn2nnc3sc4c(c3c2=O)CCC(C)C4)cc1. The zero-order valence-corrected chi connectivity index (χ0v) is 16.6. The number of fused-ring (bicyclic) bond motifs is 3. The highest BCUT2D eigenvalue weighted by molar-refractivity contribution is 7.18. The van der Waals surface area contributed by atoms with Crippen molar-refractivity contribution in [3.05, 3.63) is 56.2 Å². The fourth-order valence-corrected chi connectivity index (χ4v) is 4.72. The Bertz CT molecular complexity index is 1110. The maximum absolute atomic E-state index is 12.9. The first-order valence-electron chi connectivity index (χ1n) is 9.28. The Hall–Kier alpha value is -2.87. The third-order valence-electron chi connectivity index (χ3n) is 4.96. The number of nitrogens with one attached hydrogen (secondary N) is 1. The van der Waals surface area contributed by atoms with Crippen LogP contribution in [0.2, 0.25) is 0 Å². The number of hydrogen-bond donors (Lipinski definition) is 1. The van der Waals surface area contributed by atoms with Crippen LogP contribution in [0.3, 0.4) is 0 Å². The van der Waals surface area contributed by atoms with E-state index in [0.29, 0.717) is 16.1 Å². The van der Waals surface area contributed by atoms with E-state index in [4.69, 9.17) is 0 Å². The molecule has 0 radical (unpaired) electrons. The van der Waals surface area contributed by atoms with Crippen LogP contribution in [0.5, 0.6) is 0 Å². The predicted molar refractivity (Wildman–Crippen MR) is 110 cm³/mol. The molecule has 7 nitrogen and oxygen atoms in total. The summed E-state index contributed by atoms with van der Waals surface area (Å²) in [6, 6.07) is 7.76. The first-order valence-corrected chi connectivity index (χ1v) is 10.1. The summed E-state index contributed by atoms with van der Waals surface area (Å²) in [5, 5.41) is 12.7. The van der Waals surface area contributed by atoms with Gasteiger partial charge in [-0.05, 0) is 43.2 Å². The maximum atomic E-state index is 12.9. The monoisotopic (exact) mass is 395 g/mol. The number of hydrazone groups is 1. The second kappa shape index (κ2) is 7.63. The lowest BCUT2D eigenvalue weighted by Gasteiger charge is -2.17. The van der Waals surface area contributed by atoms with Gasteiger partial charge in [0, 0.05) is 4.88 Å². The van der Waals surface area contributed by atoms with Crippen LogP contribution >= 0.6 is 11.3 Å². The van der Waals surface area contributed by atoms with Gasteiger partial charge in [0.1, 0.15) is 6.54 Å². The fraction of sp³-hybridized carbons (Fsp3) is 0.350. The smallest absolute Gasteiger partial charge is 0.271 e. The van der Waals surface area contributed by atoms with Crippen LogP contribution in [0.4, 0.5) is 0 Å². The quantitative estimate of drug-likeness (QED) is 0.543. The van der Waals surface area contributed by atoms with Gasteiger partial charge in [0.05, 0.1) is 11.6 Å². The van der Waals surface area contributed by atoms with Gasteiger partial charge in [-0.2, -0.15) is 5.10 Å². The van der Waals surface area contributed by atoms with Crippen LogP contribution < -0.4 is 11.0 Å². The highest BCUT2D eigenvalue weighted by atomic mass is 32.1. The van der Waals surface area contributed by atoms with E-state index >= 15 is 0 Å². The van der Waals surface area contributed by atoms with Crippen molar-refractivity contribution in [2.45, 2.75) is 39.7 Å². The van der Waals surface area contributed by atoms with Crippen molar-refractivity contribution < 1.29 is 4.79 Å². The number of carbonyl (C=O) groups is 1. The molecule has 1 aromatic carbocycles. The minimum absolute atomic E-state index is 0.214. The molecule has 1 N–H and O–H groups in total. The van der Waals surface area contributed by atoms with Crippen molar-refractivity contribution in [2.24, 2.45) is 11.0 Å². The van der Waals surface area contributed by atoms with Gasteiger partial charge in [-0.3, -0.25) is 9.59 Å². The summed E-state index contributed by atoms with van der Waals surface area (Å²) in [7, 11) is 0. The minimum Gasteiger partial charge on any atom is -0.271 e. The molecule has 0 aliphatic heterocycles. The molecule has 8 heteroatoms. The zero-order chi connectivity index (χ0) is 19.7. The lowest BCUT2D eigenvalue weighted by atomic mass is 9.89. The summed E-state index contributed by atoms with van der Waals surface area (Å²) in [5.41, 5.74) is 5.30. The molecule has 0 bridgehead atoms. The van der Waals surface area contributed by atoms with Gasteiger partial charge in [-0.1, -0.05) is 42.0 Å². The summed E-state index contributed by atoms with van der Waals surface area (Å²) < 4.78 is 1.12. The second-order valence-electron chi connectivity index (χ2n) is 7.29. The topological polar surface area (TPSA) is 89.2 Å². The van der Waals surface area contributed by atoms with E-state index in [0.717, 1.165) is 40.6 Å². The molecule has 0 fully saturated rings. The van der Waals surface area contributed by atoms with Crippen LogP contribution in [0.1, 0.15) is 34.9 Å². The number of nitrogens with zero attached hydrogens (tertiary/aromatic N) is 4. The molecular weight excluding hydrogens is 374 g/mol. The van der Waals surface area contributed by atoms with Gasteiger partial charge in [0.25, 0.3) is 11.5 Å². The summed E-state index contributed by atoms with van der Waals surface area (Å²) in [5.74, 6) is 0.199. The third kappa shape index (κ3) is 3.73.